The van der Waals surface area contributed by atoms with Gasteiger partial charge in [-0.1, -0.05) is 0 Å². The molecule has 19 heavy (non-hydrogen) atoms. The van der Waals surface area contributed by atoms with E-state index in [-0.39, 0.29) is 17.2 Å². The Morgan fingerprint density at radius 2 is 2.00 bits per heavy atom. The molecule has 0 unspecified atom stereocenters. The van der Waals surface area contributed by atoms with Gasteiger partial charge in [-0.05, 0) is 6.07 Å². The number of aromatic nitrogens is 4. The van der Waals surface area contributed by atoms with E-state index >= 15 is 0 Å². The summed E-state index contributed by atoms with van der Waals surface area (Å²) in [6.07, 6.45) is -2.00. The fourth-order valence-electron chi connectivity index (χ4n) is 1.90. The predicted octanol–water partition coefficient (Wildman–Crippen LogP) is 2.53. The predicted molar refractivity (Wildman–Crippen MR) is 60.7 cm³/mol. The lowest BCUT2D eigenvalue weighted by Gasteiger charge is -2.05. The number of pyridine rings is 1. The van der Waals surface area contributed by atoms with Crippen molar-refractivity contribution >= 4 is 21.9 Å². The smallest absolute Gasteiger partial charge is 0.435 e. The minimum absolute atomic E-state index is 0.0839. The highest BCUT2D eigenvalue weighted by Crippen LogP contribution is 2.35. The van der Waals surface area contributed by atoms with Crippen LogP contribution in [0.15, 0.2) is 18.5 Å². The van der Waals surface area contributed by atoms with Crippen molar-refractivity contribution in [2.45, 2.75) is 6.18 Å². The van der Waals surface area contributed by atoms with Gasteiger partial charge in [0.15, 0.2) is 5.69 Å². The molecule has 3 rings (SSSR count). The van der Waals surface area contributed by atoms with Crippen LogP contribution in [0.4, 0.5) is 13.2 Å². The maximum Gasteiger partial charge on any atom is 0.435 e. The Labute approximate surface area is 104 Å². The summed E-state index contributed by atoms with van der Waals surface area (Å²) in [6, 6.07) is 1.57. The largest absolute Gasteiger partial charge is 0.467 e. The van der Waals surface area contributed by atoms with Crippen LogP contribution in [0.5, 0.6) is 6.01 Å². The molecule has 3 aromatic rings. The maximum atomic E-state index is 12.8. The molecule has 0 aliphatic carbocycles. The lowest BCUT2D eigenvalue weighted by molar-refractivity contribution is -0.139. The zero-order chi connectivity index (χ0) is 13.6. The molecule has 0 amide bonds. The summed E-state index contributed by atoms with van der Waals surface area (Å²) in [7, 11) is 1.38. The summed E-state index contributed by atoms with van der Waals surface area (Å²) in [5, 5.41) is 0.865. The van der Waals surface area contributed by atoms with Crippen molar-refractivity contribution in [3.63, 3.8) is 0 Å². The molecule has 8 heteroatoms. The van der Waals surface area contributed by atoms with Crippen molar-refractivity contribution in [2.24, 2.45) is 0 Å². The monoisotopic (exact) mass is 268 g/mol. The van der Waals surface area contributed by atoms with E-state index in [1.807, 2.05) is 0 Å². The Kier molecular flexibility index (Phi) is 2.34. The van der Waals surface area contributed by atoms with E-state index in [1.165, 1.54) is 19.4 Å². The van der Waals surface area contributed by atoms with Crippen molar-refractivity contribution in [2.75, 3.05) is 7.11 Å². The molecular formula is C11H7F3N4O. The normalized spacial score (nSPS) is 12.2. The standard InChI is InChI=1S/C11H7F3N4O/c1-19-10-16-4-6-5-2-3-15-8(11(12,13)14)7(5)17-9(6)18-10/h2-4H,1H3,(H,16,17,18). The van der Waals surface area contributed by atoms with E-state index in [1.54, 1.807) is 0 Å². The van der Waals surface area contributed by atoms with Gasteiger partial charge in [-0.3, -0.25) is 0 Å². The van der Waals surface area contributed by atoms with E-state index < -0.39 is 11.9 Å². The fraction of sp³-hybridized carbons (Fsp3) is 0.182. The molecule has 3 aromatic heterocycles. The van der Waals surface area contributed by atoms with E-state index in [0.29, 0.717) is 10.8 Å². The van der Waals surface area contributed by atoms with Crippen LogP contribution < -0.4 is 4.74 Å². The third-order valence-electron chi connectivity index (χ3n) is 2.70. The highest BCUT2D eigenvalue weighted by molar-refractivity contribution is 6.06. The number of nitrogens with one attached hydrogen (secondary N) is 1. The highest BCUT2D eigenvalue weighted by Gasteiger charge is 2.35. The number of hydrogen-bond acceptors (Lipinski definition) is 4. The first-order chi connectivity index (χ1) is 9.00. The Morgan fingerprint density at radius 1 is 1.21 bits per heavy atom. The molecule has 1 N–H and O–H groups in total. The van der Waals surface area contributed by atoms with E-state index in [0.717, 1.165) is 6.20 Å². The van der Waals surface area contributed by atoms with Crippen molar-refractivity contribution in [3.8, 4) is 6.01 Å². The molecular weight excluding hydrogens is 261 g/mol. The van der Waals surface area contributed by atoms with Crippen LogP contribution >= 0.6 is 0 Å². The zero-order valence-electron chi connectivity index (χ0n) is 9.62. The fourth-order valence-corrected chi connectivity index (χ4v) is 1.90. The summed E-state index contributed by atoms with van der Waals surface area (Å²) < 4.78 is 43.4. The average Bonchev–Trinajstić information content (AvgIpc) is 2.74. The van der Waals surface area contributed by atoms with Crippen molar-refractivity contribution < 1.29 is 17.9 Å². The molecule has 5 nitrogen and oxygen atoms in total. The number of nitrogens with zero attached hydrogens (tertiary/aromatic N) is 3. The lowest BCUT2D eigenvalue weighted by Crippen LogP contribution is -2.08. The number of fused-ring (bicyclic) bond motifs is 3. The third-order valence-corrected chi connectivity index (χ3v) is 2.70. The summed E-state index contributed by atoms with van der Waals surface area (Å²) in [5.74, 6) is 0. The van der Waals surface area contributed by atoms with Crippen molar-refractivity contribution in [1.82, 2.24) is 19.9 Å². The molecule has 3 heterocycles. The topological polar surface area (TPSA) is 63.7 Å². The van der Waals surface area contributed by atoms with E-state index in [2.05, 4.69) is 19.9 Å². The number of methoxy groups -OCH3 is 1. The van der Waals surface area contributed by atoms with Gasteiger partial charge in [0, 0.05) is 23.2 Å². The Hall–Kier alpha value is -2.38. The van der Waals surface area contributed by atoms with Gasteiger partial charge in [-0.15, -0.1) is 0 Å². The van der Waals surface area contributed by atoms with E-state index in [4.69, 9.17) is 4.74 Å². The second kappa shape index (κ2) is 3.81. The number of halogens is 3. The van der Waals surface area contributed by atoms with E-state index in [9.17, 15) is 13.2 Å². The van der Waals surface area contributed by atoms with Gasteiger partial charge in [-0.2, -0.15) is 18.2 Å². The van der Waals surface area contributed by atoms with Crippen LogP contribution in [0.25, 0.3) is 21.9 Å². The van der Waals surface area contributed by atoms with Crippen molar-refractivity contribution in [3.05, 3.63) is 24.2 Å². The van der Waals surface area contributed by atoms with Gasteiger partial charge in [0.25, 0.3) is 0 Å². The third kappa shape index (κ3) is 1.76. The first-order valence-corrected chi connectivity index (χ1v) is 5.25. The molecule has 98 valence electrons. The molecule has 0 aromatic carbocycles. The van der Waals surface area contributed by atoms with Gasteiger partial charge in [-0.25, -0.2) is 9.97 Å². The van der Waals surface area contributed by atoms with Crippen LogP contribution in [0.2, 0.25) is 0 Å². The molecule has 0 saturated carbocycles. The first kappa shape index (κ1) is 11.7. The van der Waals surface area contributed by atoms with Gasteiger partial charge in [0.1, 0.15) is 5.65 Å². The summed E-state index contributed by atoms with van der Waals surface area (Å²) in [5.41, 5.74) is -0.796. The average molecular weight is 268 g/mol. The van der Waals surface area contributed by atoms with Crippen LogP contribution in [0, 0.1) is 0 Å². The second-order valence-electron chi connectivity index (χ2n) is 3.82. The number of aromatic amines is 1. The molecule has 0 fully saturated rings. The zero-order valence-corrected chi connectivity index (χ0v) is 9.62. The van der Waals surface area contributed by atoms with Crippen LogP contribution in [-0.2, 0) is 6.18 Å². The molecule has 0 aliphatic heterocycles. The summed E-state index contributed by atoms with van der Waals surface area (Å²) >= 11 is 0. The molecule has 0 aliphatic rings. The van der Waals surface area contributed by atoms with Gasteiger partial charge in [0.2, 0.25) is 0 Å². The summed E-state index contributed by atoms with van der Waals surface area (Å²) in [4.78, 5) is 13.8. The number of alkyl halides is 3. The van der Waals surface area contributed by atoms with Crippen LogP contribution in [0.1, 0.15) is 5.69 Å². The number of rotatable bonds is 1. The Bertz CT molecular complexity index is 766. The van der Waals surface area contributed by atoms with Gasteiger partial charge < -0.3 is 9.72 Å². The SMILES string of the molecule is COc1ncc2c(n1)[nH]c1c(C(F)(F)F)nccc12. The number of ether oxygens (including phenoxy) is 1. The molecule has 0 spiro atoms. The molecule has 0 saturated heterocycles. The van der Waals surface area contributed by atoms with Crippen molar-refractivity contribution in [1.29, 1.82) is 0 Å². The van der Waals surface area contributed by atoms with Gasteiger partial charge >= 0.3 is 12.2 Å². The van der Waals surface area contributed by atoms with Crippen LogP contribution in [0.3, 0.4) is 0 Å². The summed E-state index contributed by atoms with van der Waals surface area (Å²) in [6.45, 7) is 0. The maximum absolute atomic E-state index is 12.8. The highest BCUT2D eigenvalue weighted by atomic mass is 19.4. The van der Waals surface area contributed by atoms with Crippen LogP contribution in [-0.4, -0.2) is 27.0 Å². The molecule has 0 atom stereocenters. The first-order valence-electron chi connectivity index (χ1n) is 5.25. The second-order valence-corrected chi connectivity index (χ2v) is 3.82. The number of hydrogen-bond donors (Lipinski definition) is 1. The molecule has 0 bridgehead atoms. The minimum Gasteiger partial charge on any atom is -0.467 e. The van der Waals surface area contributed by atoms with Gasteiger partial charge in [0.05, 0.1) is 12.6 Å². The minimum atomic E-state index is -4.53. The quantitative estimate of drug-likeness (QED) is 0.736. The Morgan fingerprint density at radius 3 is 2.68 bits per heavy atom. The number of H-pyrrole nitrogens is 1. The Balaban J connectivity index is 2.39. The molecule has 0 radical (unpaired) electrons. The lowest BCUT2D eigenvalue weighted by atomic mass is 10.2.